The topological polar surface area (TPSA) is 63.8 Å². The van der Waals surface area contributed by atoms with Crippen LogP contribution in [0.2, 0.25) is 0 Å². The minimum atomic E-state index is -0.00680. The quantitative estimate of drug-likeness (QED) is 0.701. The smallest absolute Gasteiger partial charge is 0.0728 e. The summed E-state index contributed by atoms with van der Waals surface area (Å²) >= 11 is 0. The van der Waals surface area contributed by atoms with Gasteiger partial charge in [-0.05, 0) is 41.0 Å². The SMILES string of the molecule is CC1CNCC(CC2CNC(C)(CC3COC(C)C(C)(C)N3)CO2)O1. The van der Waals surface area contributed by atoms with Gasteiger partial charge < -0.3 is 30.2 Å². The van der Waals surface area contributed by atoms with E-state index in [2.05, 4.69) is 50.6 Å². The second kappa shape index (κ2) is 7.79. The Labute approximate surface area is 152 Å². The highest BCUT2D eigenvalue weighted by Gasteiger charge is 2.40. The number of ether oxygens (including phenoxy) is 3. The molecule has 6 unspecified atom stereocenters. The summed E-state index contributed by atoms with van der Waals surface area (Å²) in [7, 11) is 0. The summed E-state index contributed by atoms with van der Waals surface area (Å²) in [6.07, 6.45) is 2.99. The summed E-state index contributed by atoms with van der Waals surface area (Å²) in [6, 6.07) is 0.357. The van der Waals surface area contributed by atoms with Gasteiger partial charge in [0.2, 0.25) is 0 Å². The first-order valence-electron chi connectivity index (χ1n) is 9.88. The van der Waals surface area contributed by atoms with Crippen molar-refractivity contribution in [3.63, 3.8) is 0 Å². The lowest BCUT2D eigenvalue weighted by Gasteiger charge is -2.46. The van der Waals surface area contributed by atoms with E-state index in [1.807, 2.05) is 0 Å². The van der Waals surface area contributed by atoms with Gasteiger partial charge in [-0.1, -0.05) is 0 Å². The van der Waals surface area contributed by atoms with Crippen LogP contribution >= 0.6 is 0 Å². The van der Waals surface area contributed by atoms with Crippen LogP contribution < -0.4 is 16.0 Å². The first kappa shape index (κ1) is 19.5. The molecule has 6 heteroatoms. The Bertz CT molecular complexity index is 438. The number of hydrogen-bond donors (Lipinski definition) is 3. The Morgan fingerprint density at radius 3 is 2.44 bits per heavy atom. The predicted octanol–water partition coefficient (Wildman–Crippen LogP) is 1.05. The second-order valence-electron chi connectivity index (χ2n) is 9.08. The van der Waals surface area contributed by atoms with Gasteiger partial charge in [-0.3, -0.25) is 0 Å². The molecule has 3 N–H and O–H groups in total. The summed E-state index contributed by atoms with van der Waals surface area (Å²) in [5.41, 5.74) is 0.00645. The zero-order valence-corrected chi connectivity index (χ0v) is 16.6. The second-order valence-corrected chi connectivity index (χ2v) is 9.08. The molecule has 0 aromatic carbocycles. The minimum absolute atomic E-state index is 0.00680. The normalized spacial score (nSPS) is 45.2. The van der Waals surface area contributed by atoms with Gasteiger partial charge in [0.1, 0.15) is 0 Å². The molecular weight excluding hydrogens is 318 g/mol. The molecule has 0 aliphatic carbocycles. The molecular formula is C19H37N3O3. The molecule has 25 heavy (non-hydrogen) atoms. The average molecular weight is 356 g/mol. The Morgan fingerprint density at radius 2 is 1.80 bits per heavy atom. The number of morpholine rings is 3. The van der Waals surface area contributed by atoms with Gasteiger partial charge in [0.15, 0.2) is 0 Å². The van der Waals surface area contributed by atoms with Crippen LogP contribution in [0, 0.1) is 0 Å². The van der Waals surface area contributed by atoms with E-state index in [-0.39, 0.29) is 29.4 Å². The molecule has 3 aliphatic heterocycles. The summed E-state index contributed by atoms with van der Waals surface area (Å²) in [5, 5.41) is 10.9. The Balaban J connectivity index is 1.44. The molecule has 0 bridgehead atoms. The van der Waals surface area contributed by atoms with Crippen molar-refractivity contribution >= 4 is 0 Å². The molecule has 6 atom stereocenters. The zero-order chi connectivity index (χ0) is 18.1. The highest BCUT2D eigenvalue weighted by atomic mass is 16.5. The van der Waals surface area contributed by atoms with Crippen LogP contribution in [0.15, 0.2) is 0 Å². The molecule has 3 heterocycles. The van der Waals surface area contributed by atoms with Gasteiger partial charge in [0.05, 0.1) is 37.6 Å². The van der Waals surface area contributed by atoms with Crippen LogP contribution in [0.25, 0.3) is 0 Å². The summed E-state index contributed by atoms with van der Waals surface area (Å²) < 4.78 is 18.2. The summed E-state index contributed by atoms with van der Waals surface area (Å²) in [6.45, 7) is 15.2. The molecule has 3 fully saturated rings. The molecule has 6 nitrogen and oxygen atoms in total. The highest BCUT2D eigenvalue weighted by Crippen LogP contribution is 2.26. The van der Waals surface area contributed by atoms with Crippen LogP contribution in [-0.2, 0) is 14.2 Å². The number of rotatable bonds is 4. The number of hydrogen-bond acceptors (Lipinski definition) is 6. The van der Waals surface area contributed by atoms with Gasteiger partial charge >= 0.3 is 0 Å². The van der Waals surface area contributed by atoms with E-state index < -0.39 is 0 Å². The molecule has 0 radical (unpaired) electrons. The van der Waals surface area contributed by atoms with Crippen LogP contribution in [0.1, 0.15) is 47.5 Å². The average Bonchev–Trinajstić information content (AvgIpc) is 2.53. The summed E-state index contributed by atoms with van der Waals surface area (Å²) in [4.78, 5) is 0. The van der Waals surface area contributed by atoms with E-state index in [0.717, 1.165) is 45.7 Å². The van der Waals surface area contributed by atoms with Crippen molar-refractivity contribution in [1.82, 2.24) is 16.0 Å². The molecule has 3 aliphatic rings. The molecule has 0 aromatic rings. The largest absolute Gasteiger partial charge is 0.375 e. The molecule has 3 saturated heterocycles. The van der Waals surface area contributed by atoms with E-state index in [1.54, 1.807) is 0 Å². The maximum absolute atomic E-state index is 6.21. The van der Waals surface area contributed by atoms with Crippen LogP contribution in [-0.4, -0.2) is 74.4 Å². The van der Waals surface area contributed by atoms with Crippen molar-refractivity contribution in [2.45, 2.75) is 89.0 Å². The minimum Gasteiger partial charge on any atom is -0.375 e. The third-order valence-electron chi connectivity index (χ3n) is 5.99. The molecule has 0 spiro atoms. The molecule has 146 valence electrons. The molecule has 0 amide bonds. The fourth-order valence-corrected chi connectivity index (χ4v) is 4.17. The van der Waals surface area contributed by atoms with Gasteiger partial charge in [-0.15, -0.1) is 0 Å². The van der Waals surface area contributed by atoms with Gasteiger partial charge in [0.25, 0.3) is 0 Å². The van der Waals surface area contributed by atoms with Crippen molar-refractivity contribution < 1.29 is 14.2 Å². The van der Waals surface area contributed by atoms with E-state index in [4.69, 9.17) is 14.2 Å². The van der Waals surface area contributed by atoms with Crippen molar-refractivity contribution in [3.8, 4) is 0 Å². The fourth-order valence-electron chi connectivity index (χ4n) is 4.17. The maximum Gasteiger partial charge on any atom is 0.0728 e. The maximum atomic E-state index is 6.21. The van der Waals surface area contributed by atoms with Gasteiger partial charge in [-0.25, -0.2) is 0 Å². The molecule has 3 rings (SSSR count). The van der Waals surface area contributed by atoms with Gasteiger partial charge in [-0.2, -0.15) is 0 Å². The third-order valence-corrected chi connectivity index (χ3v) is 5.99. The first-order chi connectivity index (χ1) is 11.8. The van der Waals surface area contributed by atoms with E-state index in [0.29, 0.717) is 12.1 Å². The lowest BCUT2D eigenvalue weighted by Crippen LogP contribution is -2.64. The lowest BCUT2D eigenvalue weighted by atomic mass is 9.88. The predicted molar refractivity (Wildman–Crippen MR) is 99.0 cm³/mol. The van der Waals surface area contributed by atoms with E-state index in [1.165, 1.54) is 0 Å². The Kier molecular flexibility index (Phi) is 6.08. The summed E-state index contributed by atoms with van der Waals surface area (Å²) in [5.74, 6) is 0. The van der Waals surface area contributed by atoms with Crippen molar-refractivity contribution in [2.24, 2.45) is 0 Å². The van der Waals surface area contributed by atoms with Crippen molar-refractivity contribution in [3.05, 3.63) is 0 Å². The first-order valence-corrected chi connectivity index (χ1v) is 9.88. The molecule has 0 saturated carbocycles. The van der Waals surface area contributed by atoms with Crippen LogP contribution in [0.5, 0.6) is 0 Å². The zero-order valence-electron chi connectivity index (χ0n) is 16.6. The van der Waals surface area contributed by atoms with Crippen LogP contribution in [0.3, 0.4) is 0 Å². The third kappa shape index (κ3) is 5.15. The molecule has 0 aromatic heterocycles. The Hall–Kier alpha value is -0.240. The standard InChI is InChI=1S/C19H37N3O3/c1-13-8-20-9-17(25-13)6-16-10-21-19(5,12-24-16)7-15-11-23-14(2)18(3,4)22-15/h13-17,20-22H,6-12H2,1-5H3. The lowest BCUT2D eigenvalue weighted by molar-refractivity contribution is -0.0936. The monoisotopic (exact) mass is 355 g/mol. The number of nitrogens with one attached hydrogen (secondary N) is 3. The Morgan fingerprint density at radius 1 is 1.00 bits per heavy atom. The van der Waals surface area contributed by atoms with Crippen LogP contribution in [0.4, 0.5) is 0 Å². The van der Waals surface area contributed by atoms with Crippen molar-refractivity contribution in [2.75, 3.05) is 32.8 Å². The fraction of sp³-hybridized carbons (Fsp3) is 1.00. The highest BCUT2D eigenvalue weighted by molar-refractivity contribution is 4.98. The van der Waals surface area contributed by atoms with E-state index >= 15 is 0 Å². The van der Waals surface area contributed by atoms with Gasteiger partial charge in [0, 0.05) is 43.2 Å². The van der Waals surface area contributed by atoms with E-state index in [9.17, 15) is 0 Å². The van der Waals surface area contributed by atoms with Crippen molar-refractivity contribution in [1.29, 1.82) is 0 Å².